The summed E-state index contributed by atoms with van der Waals surface area (Å²) in [7, 11) is 1.47. The zero-order valence-corrected chi connectivity index (χ0v) is 11.6. The van der Waals surface area contributed by atoms with E-state index in [1.807, 2.05) is 0 Å². The van der Waals surface area contributed by atoms with Crippen LogP contribution in [-0.2, 0) is 0 Å². The number of hydrogen-bond donors (Lipinski definition) is 2. The predicted octanol–water partition coefficient (Wildman–Crippen LogP) is 1.99. The minimum absolute atomic E-state index is 0.0855. The number of aromatic nitrogens is 2. The number of halogens is 1. The van der Waals surface area contributed by atoms with E-state index in [-0.39, 0.29) is 5.56 Å². The third-order valence-electron chi connectivity index (χ3n) is 2.58. The van der Waals surface area contributed by atoms with E-state index in [0.717, 1.165) is 0 Å². The van der Waals surface area contributed by atoms with Crippen molar-refractivity contribution in [2.45, 2.75) is 6.92 Å². The van der Waals surface area contributed by atoms with Crippen molar-refractivity contribution in [3.63, 3.8) is 0 Å². The van der Waals surface area contributed by atoms with E-state index >= 15 is 0 Å². The lowest BCUT2D eigenvalue weighted by Crippen LogP contribution is -2.24. The molecule has 0 aliphatic rings. The van der Waals surface area contributed by atoms with E-state index in [9.17, 15) is 9.59 Å². The molecule has 7 heteroatoms. The Morgan fingerprint density at radius 1 is 1.45 bits per heavy atom. The average molecular weight is 294 g/mol. The quantitative estimate of drug-likeness (QED) is 0.906. The maximum Gasteiger partial charge on any atom is 0.263 e. The van der Waals surface area contributed by atoms with Crippen molar-refractivity contribution < 1.29 is 9.53 Å². The van der Waals surface area contributed by atoms with Crippen LogP contribution < -0.4 is 15.6 Å². The third-order valence-corrected chi connectivity index (χ3v) is 2.82. The first-order chi connectivity index (χ1) is 9.51. The number of benzene rings is 1. The highest BCUT2D eigenvalue weighted by molar-refractivity contribution is 6.31. The van der Waals surface area contributed by atoms with Gasteiger partial charge in [0.2, 0.25) is 0 Å². The smallest absolute Gasteiger partial charge is 0.263 e. The predicted molar refractivity (Wildman–Crippen MR) is 75.6 cm³/mol. The number of carbonyl (C=O) groups is 1. The van der Waals surface area contributed by atoms with Gasteiger partial charge in [0, 0.05) is 11.2 Å². The molecule has 1 amide bonds. The number of nitrogens with zero attached hydrogens (tertiary/aromatic N) is 1. The van der Waals surface area contributed by atoms with Gasteiger partial charge in [0.05, 0.1) is 12.8 Å². The molecule has 0 bridgehead atoms. The van der Waals surface area contributed by atoms with Gasteiger partial charge in [0.25, 0.3) is 11.5 Å². The molecular formula is C13H12ClN3O3. The lowest BCUT2D eigenvalue weighted by Gasteiger charge is -2.10. The van der Waals surface area contributed by atoms with Crippen LogP contribution >= 0.6 is 11.6 Å². The molecule has 2 N–H and O–H groups in total. The van der Waals surface area contributed by atoms with Gasteiger partial charge in [0.1, 0.15) is 17.1 Å². The van der Waals surface area contributed by atoms with Gasteiger partial charge in [-0.15, -0.1) is 0 Å². The van der Waals surface area contributed by atoms with Gasteiger partial charge in [-0.1, -0.05) is 11.6 Å². The number of aryl methyl sites for hydroxylation is 1. The van der Waals surface area contributed by atoms with Crippen LogP contribution in [0.1, 0.15) is 16.2 Å². The number of methoxy groups -OCH3 is 1. The van der Waals surface area contributed by atoms with Crippen LogP contribution in [0.4, 0.5) is 5.69 Å². The zero-order chi connectivity index (χ0) is 14.7. The van der Waals surface area contributed by atoms with Gasteiger partial charge in [-0.25, -0.2) is 4.98 Å². The van der Waals surface area contributed by atoms with E-state index in [4.69, 9.17) is 16.3 Å². The monoisotopic (exact) mass is 293 g/mol. The normalized spacial score (nSPS) is 10.2. The van der Waals surface area contributed by atoms with Crippen LogP contribution in [-0.4, -0.2) is 23.0 Å². The Morgan fingerprint density at radius 3 is 2.85 bits per heavy atom. The van der Waals surface area contributed by atoms with Gasteiger partial charge in [-0.3, -0.25) is 9.59 Å². The summed E-state index contributed by atoms with van der Waals surface area (Å²) in [5, 5.41) is 3.01. The average Bonchev–Trinajstić information content (AvgIpc) is 2.38. The summed E-state index contributed by atoms with van der Waals surface area (Å²) in [6.07, 6.45) is 1.22. The van der Waals surface area contributed by atoms with Crippen LogP contribution in [0.5, 0.6) is 5.75 Å². The number of nitrogens with one attached hydrogen (secondary N) is 2. The number of rotatable bonds is 3. The molecule has 0 aliphatic carbocycles. The van der Waals surface area contributed by atoms with Crippen LogP contribution in [0.3, 0.4) is 0 Å². The first-order valence-electron chi connectivity index (χ1n) is 5.72. The van der Waals surface area contributed by atoms with Crippen molar-refractivity contribution in [1.82, 2.24) is 9.97 Å². The highest BCUT2D eigenvalue weighted by Gasteiger charge is 2.14. The molecule has 0 saturated heterocycles. The fraction of sp³-hybridized carbons (Fsp3) is 0.154. The molecule has 0 atom stereocenters. The summed E-state index contributed by atoms with van der Waals surface area (Å²) in [6.45, 7) is 1.63. The van der Waals surface area contributed by atoms with E-state index in [1.54, 1.807) is 19.1 Å². The maximum absolute atomic E-state index is 12.1. The van der Waals surface area contributed by atoms with Crippen molar-refractivity contribution in [2.24, 2.45) is 0 Å². The minimum atomic E-state index is -0.584. The Balaban J connectivity index is 2.32. The number of amides is 1. The third kappa shape index (κ3) is 2.97. The molecule has 20 heavy (non-hydrogen) atoms. The molecular weight excluding hydrogens is 282 g/mol. The summed E-state index contributed by atoms with van der Waals surface area (Å²) >= 11 is 5.87. The van der Waals surface area contributed by atoms with Crippen LogP contribution in [0, 0.1) is 6.92 Å². The molecule has 0 spiro atoms. The molecule has 0 radical (unpaired) electrons. The molecule has 104 valence electrons. The maximum atomic E-state index is 12.1. The molecule has 1 heterocycles. The van der Waals surface area contributed by atoms with Gasteiger partial charge in [-0.05, 0) is 25.1 Å². The van der Waals surface area contributed by atoms with Crippen molar-refractivity contribution >= 4 is 23.2 Å². The molecule has 2 aromatic rings. The topological polar surface area (TPSA) is 84.1 Å². The fourth-order valence-electron chi connectivity index (χ4n) is 1.61. The molecule has 0 fully saturated rings. The molecule has 0 saturated carbocycles. The lowest BCUT2D eigenvalue weighted by molar-refractivity contribution is 0.102. The SMILES string of the molecule is COc1ccc(Cl)cc1NC(=O)c1cnc(C)[nH]c1=O. The molecule has 1 aromatic heterocycles. The van der Waals surface area contributed by atoms with Crippen LogP contribution in [0.25, 0.3) is 0 Å². The largest absolute Gasteiger partial charge is 0.495 e. The number of H-pyrrole nitrogens is 1. The molecule has 0 aliphatic heterocycles. The fourth-order valence-corrected chi connectivity index (χ4v) is 1.79. The minimum Gasteiger partial charge on any atom is -0.495 e. The Morgan fingerprint density at radius 2 is 2.20 bits per heavy atom. The summed E-state index contributed by atoms with van der Waals surface area (Å²) in [4.78, 5) is 30.1. The first kappa shape index (κ1) is 14.1. The highest BCUT2D eigenvalue weighted by atomic mass is 35.5. The summed E-state index contributed by atoms with van der Waals surface area (Å²) in [5.41, 5.74) is -0.210. The second-order valence-electron chi connectivity index (χ2n) is 4.01. The summed E-state index contributed by atoms with van der Waals surface area (Å²) in [5.74, 6) is 0.297. The van der Waals surface area contributed by atoms with Crippen molar-refractivity contribution in [1.29, 1.82) is 0 Å². The van der Waals surface area contributed by atoms with Gasteiger partial charge >= 0.3 is 0 Å². The van der Waals surface area contributed by atoms with Crippen LogP contribution in [0.2, 0.25) is 5.02 Å². The number of aromatic amines is 1. The van der Waals surface area contributed by atoms with Crippen molar-refractivity contribution in [3.8, 4) is 5.75 Å². The lowest BCUT2D eigenvalue weighted by atomic mass is 10.2. The van der Waals surface area contributed by atoms with E-state index in [1.165, 1.54) is 19.4 Å². The zero-order valence-electron chi connectivity index (χ0n) is 10.9. The standard InChI is InChI=1S/C13H12ClN3O3/c1-7-15-6-9(12(18)16-7)13(19)17-10-5-8(14)3-4-11(10)20-2/h3-6H,1-2H3,(H,17,19)(H,15,16,18). The first-order valence-corrected chi connectivity index (χ1v) is 6.10. The molecule has 2 rings (SSSR count). The second kappa shape index (κ2) is 5.75. The Kier molecular flexibility index (Phi) is 4.05. The number of anilines is 1. The molecule has 0 unspecified atom stereocenters. The summed E-state index contributed by atoms with van der Waals surface area (Å²) in [6, 6.07) is 4.79. The highest BCUT2D eigenvalue weighted by Crippen LogP contribution is 2.27. The number of ether oxygens (including phenoxy) is 1. The van der Waals surface area contributed by atoms with Crippen LogP contribution in [0.15, 0.2) is 29.2 Å². The Bertz CT molecular complexity index is 712. The van der Waals surface area contributed by atoms with E-state index in [0.29, 0.717) is 22.3 Å². The van der Waals surface area contributed by atoms with Gasteiger partial charge in [-0.2, -0.15) is 0 Å². The number of carbonyl (C=O) groups excluding carboxylic acids is 1. The van der Waals surface area contributed by atoms with Gasteiger partial charge in [0.15, 0.2) is 0 Å². The van der Waals surface area contributed by atoms with E-state index in [2.05, 4.69) is 15.3 Å². The summed E-state index contributed by atoms with van der Waals surface area (Å²) < 4.78 is 5.11. The van der Waals surface area contributed by atoms with Gasteiger partial charge < -0.3 is 15.0 Å². The molecule has 6 nitrogen and oxygen atoms in total. The second-order valence-corrected chi connectivity index (χ2v) is 4.45. The van der Waals surface area contributed by atoms with E-state index < -0.39 is 11.5 Å². The Labute approximate surface area is 119 Å². The van der Waals surface area contributed by atoms with Crippen molar-refractivity contribution in [2.75, 3.05) is 12.4 Å². The Hall–Kier alpha value is -2.34. The van der Waals surface area contributed by atoms with Crippen molar-refractivity contribution in [3.05, 3.63) is 51.2 Å². The molecule has 1 aromatic carbocycles. The number of hydrogen-bond acceptors (Lipinski definition) is 4.